The lowest BCUT2D eigenvalue weighted by Crippen LogP contribution is -2.40. The van der Waals surface area contributed by atoms with Gasteiger partial charge >= 0.3 is 0 Å². The Morgan fingerprint density at radius 2 is 1.92 bits per heavy atom. The van der Waals surface area contributed by atoms with Gasteiger partial charge in [-0.2, -0.15) is 0 Å². The van der Waals surface area contributed by atoms with Gasteiger partial charge in [0.25, 0.3) is 5.56 Å². The second-order valence-electron chi connectivity index (χ2n) is 6.36. The summed E-state index contributed by atoms with van der Waals surface area (Å²) in [6.45, 7) is 1.03. The molecule has 0 bridgehead atoms. The lowest BCUT2D eigenvalue weighted by Gasteiger charge is -2.27. The fourth-order valence-electron chi connectivity index (χ4n) is 2.92. The van der Waals surface area contributed by atoms with Gasteiger partial charge in [0, 0.05) is 38.2 Å². The molecule has 3 rings (SSSR count). The third kappa shape index (κ3) is 4.15. The van der Waals surface area contributed by atoms with Gasteiger partial charge in [-0.05, 0) is 18.1 Å². The largest absolute Gasteiger partial charge is 0.346 e. The molecule has 0 unspecified atom stereocenters. The molecule has 0 radical (unpaired) electrons. The highest BCUT2D eigenvalue weighted by atomic mass is 16.2. The van der Waals surface area contributed by atoms with E-state index in [1.807, 2.05) is 30.3 Å². The molecule has 1 aromatic carbocycles. The number of anilines is 1. The van der Waals surface area contributed by atoms with Gasteiger partial charge in [-0.1, -0.05) is 30.3 Å². The van der Waals surface area contributed by atoms with Crippen molar-refractivity contribution in [1.29, 1.82) is 0 Å². The fourth-order valence-corrected chi connectivity index (χ4v) is 2.92. The second-order valence-corrected chi connectivity index (χ2v) is 6.36. The number of amides is 2. The van der Waals surface area contributed by atoms with E-state index in [0.717, 1.165) is 5.56 Å². The molecular weight excluding hydrogens is 318 g/mol. The molecule has 1 aliphatic rings. The van der Waals surface area contributed by atoms with Crippen molar-refractivity contribution in [3.05, 3.63) is 64.6 Å². The van der Waals surface area contributed by atoms with Gasteiger partial charge in [-0.3, -0.25) is 14.4 Å². The maximum atomic E-state index is 12.4. The van der Waals surface area contributed by atoms with Crippen LogP contribution in [0.5, 0.6) is 0 Å². The van der Waals surface area contributed by atoms with Crippen molar-refractivity contribution >= 4 is 17.5 Å². The normalized spacial score (nSPS) is 17.4. The maximum absolute atomic E-state index is 12.4. The van der Waals surface area contributed by atoms with Crippen LogP contribution in [0.4, 0.5) is 5.69 Å². The number of likely N-dealkylation sites (tertiary alicyclic amines) is 1. The van der Waals surface area contributed by atoms with Crippen LogP contribution < -0.4 is 10.9 Å². The van der Waals surface area contributed by atoms with Crippen molar-refractivity contribution in [3.63, 3.8) is 0 Å². The molecule has 1 atom stereocenters. The molecule has 25 heavy (non-hydrogen) atoms. The SMILES string of the molecule is CN1CC[C@@H](C(=O)Nc2ccc(=O)n(Cc3ccccc3)c2)CC1=O. The number of pyridine rings is 1. The minimum atomic E-state index is -0.321. The monoisotopic (exact) mass is 339 g/mol. The first-order valence-electron chi connectivity index (χ1n) is 8.32. The van der Waals surface area contributed by atoms with E-state index in [9.17, 15) is 14.4 Å². The standard InChI is InChI=1S/C19H21N3O3/c1-21-10-9-15(11-18(21)24)19(25)20-16-7-8-17(23)22(13-16)12-14-5-3-2-4-6-14/h2-8,13,15H,9-12H2,1H3,(H,20,25)/t15-/m1/s1. The summed E-state index contributed by atoms with van der Waals surface area (Å²) in [5.41, 5.74) is 1.44. The van der Waals surface area contributed by atoms with Crippen LogP contribution in [0.2, 0.25) is 0 Å². The van der Waals surface area contributed by atoms with E-state index in [4.69, 9.17) is 0 Å². The first kappa shape index (κ1) is 17.0. The zero-order chi connectivity index (χ0) is 17.8. The number of benzene rings is 1. The average molecular weight is 339 g/mol. The number of carbonyl (C=O) groups is 2. The fraction of sp³-hybridized carbons (Fsp3) is 0.316. The minimum absolute atomic E-state index is 0.0135. The Balaban J connectivity index is 1.71. The van der Waals surface area contributed by atoms with Gasteiger partial charge in [-0.15, -0.1) is 0 Å². The lowest BCUT2D eigenvalue weighted by molar-refractivity contribution is -0.137. The molecule has 1 N–H and O–H groups in total. The minimum Gasteiger partial charge on any atom is -0.346 e. The van der Waals surface area contributed by atoms with Gasteiger partial charge in [0.1, 0.15) is 0 Å². The second kappa shape index (κ2) is 7.34. The molecule has 6 heteroatoms. The highest BCUT2D eigenvalue weighted by Gasteiger charge is 2.28. The number of hydrogen-bond donors (Lipinski definition) is 1. The number of aromatic nitrogens is 1. The topological polar surface area (TPSA) is 71.4 Å². The summed E-state index contributed by atoms with van der Waals surface area (Å²) in [5.74, 6) is -0.509. The Labute approximate surface area is 146 Å². The van der Waals surface area contributed by atoms with Crippen LogP contribution in [-0.4, -0.2) is 34.9 Å². The molecule has 2 aromatic rings. The van der Waals surface area contributed by atoms with Gasteiger partial charge in [0.05, 0.1) is 12.2 Å². The van der Waals surface area contributed by atoms with E-state index in [2.05, 4.69) is 5.32 Å². The molecule has 1 aliphatic heterocycles. The highest BCUT2D eigenvalue weighted by Crippen LogP contribution is 2.19. The van der Waals surface area contributed by atoms with Crippen LogP contribution >= 0.6 is 0 Å². The molecule has 0 saturated carbocycles. The van der Waals surface area contributed by atoms with Crippen LogP contribution in [0.1, 0.15) is 18.4 Å². The van der Waals surface area contributed by atoms with Crippen molar-refractivity contribution < 1.29 is 9.59 Å². The van der Waals surface area contributed by atoms with Crippen LogP contribution in [-0.2, 0) is 16.1 Å². The quantitative estimate of drug-likeness (QED) is 0.922. The zero-order valence-electron chi connectivity index (χ0n) is 14.1. The van der Waals surface area contributed by atoms with Crippen LogP contribution in [0, 0.1) is 5.92 Å². The Bertz CT molecular complexity index is 829. The predicted octanol–water partition coefficient (Wildman–Crippen LogP) is 1.70. The van der Waals surface area contributed by atoms with E-state index in [0.29, 0.717) is 25.2 Å². The van der Waals surface area contributed by atoms with Crippen LogP contribution in [0.25, 0.3) is 0 Å². The van der Waals surface area contributed by atoms with E-state index >= 15 is 0 Å². The zero-order valence-corrected chi connectivity index (χ0v) is 14.1. The average Bonchev–Trinajstić information content (AvgIpc) is 2.61. The lowest BCUT2D eigenvalue weighted by atomic mass is 9.95. The molecule has 1 fully saturated rings. The highest BCUT2D eigenvalue weighted by molar-refractivity contribution is 5.95. The molecule has 6 nitrogen and oxygen atoms in total. The Morgan fingerprint density at radius 1 is 1.16 bits per heavy atom. The third-order valence-electron chi connectivity index (χ3n) is 4.48. The Morgan fingerprint density at radius 3 is 2.64 bits per heavy atom. The summed E-state index contributed by atoms with van der Waals surface area (Å²) in [5, 5.41) is 2.83. The number of carbonyl (C=O) groups excluding carboxylic acids is 2. The number of hydrogen-bond acceptors (Lipinski definition) is 3. The molecule has 1 saturated heterocycles. The van der Waals surface area contributed by atoms with Crippen molar-refractivity contribution in [1.82, 2.24) is 9.47 Å². The first-order chi connectivity index (χ1) is 12.0. The van der Waals surface area contributed by atoms with E-state index < -0.39 is 0 Å². The summed E-state index contributed by atoms with van der Waals surface area (Å²) in [4.78, 5) is 37.9. The summed E-state index contributed by atoms with van der Waals surface area (Å²) in [6, 6.07) is 12.7. The molecule has 0 spiro atoms. The smallest absolute Gasteiger partial charge is 0.250 e. The van der Waals surface area contributed by atoms with Crippen molar-refractivity contribution in [3.8, 4) is 0 Å². The molecule has 130 valence electrons. The van der Waals surface area contributed by atoms with Crippen molar-refractivity contribution in [2.75, 3.05) is 18.9 Å². The Hall–Kier alpha value is -2.89. The summed E-state index contributed by atoms with van der Waals surface area (Å²) in [7, 11) is 1.75. The van der Waals surface area contributed by atoms with Gasteiger partial charge in [-0.25, -0.2) is 0 Å². The molecule has 2 amide bonds. The summed E-state index contributed by atoms with van der Waals surface area (Å²) < 4.78 is 1.56. The van der Waals surface area contributed by atoms with Crippen LogP contribution in [0.3, 0.4) is 0 Å². The third-order valence-corrected chi connectivity index (χ3v) is 4.48. The number of piperidine rings is 1. The van der Waals surface area contributed by atoms with Gasteiger partial charge in [0.15, 0.2) is 0 Å². The van der Waals surface area contributed by atoms with Gasteiger partial charge in [0.2, 0.25) is 11.8 Å². The number of nitrogens with one attached hydrogen (secondary N) is 1. The van der Waals surface area contributed by atoms with E-state index in [1.54, 1.807) is 28.8 Å². The number of rotatable bonds is 4. The van der Waals surface area contributed by atoms with E-state index in [-0.39, 0.29) is 29.7 Å². The van der Waals surface area contributed by atoms with E-state index in [1.165, 1.54) is 6.07 Å². The summed E-state index contributed by atoms with van der Waals surface area (Å²) in [6.07, 6.45) is 2.52. The molecule has 0 aliphatic carbocycles. The molecule has 1 aromatic heterocycles. The first-order valence-corrected chi connectivity index (χ1v) is 8.32. The van der Waals surface area contributed by atoms with Crippen molar-refractivity contribution in [2.24, 2.45) is 5.92 Å². The Kier molecular flexibility index (Phi) is 4.97. The predicted molar refractivity (Wildman–Crippen MR) is 95.2 cm³/mol. The maximum Gasteiger partial charge on any atom is 0.250 e. The van der Waals surface area contributed by atoms with Gasteiger partial charge < -0.3 is 14.8 Å². The summed E-state index contributed by atoms with van der Waals surface area (Å²) >= 11 is 0. The van der Waals surface area contributed by atoms with Crippen LogP contribution in [0.15, 0.2) is 53.5 Å². The van der Waals surface area contributed by atoms with Crippen molar-refractivity contribution in [2.45, 2.75) is 19.4 Å². The molecule has 2 heterocycles. The molecular formula is C19H21N3O3. The number of nitrogens with zero attached hydrogens (tertiary/aromatic N) is 2.